The predicted octanol–water partition coefficient (Wildman–Crippen LogP) is 5.86. The van der Waals surface area contributed by atoms with Crippen molar-refractivity contribution < 1.29 is 32.2 Å². The first kappa shape index (κ1) is 28.8. The van der Waals surface area contributed by atoms with Crippen LogP contribution in [0.1, 0.15) is 53.5 Å². The summed E-state index contributed by atoms with van der Waals surface area (Å²) in [5.74, 6) is -0.579. The van der Waals surface area contributed by atoms with Crippen LogP contribution < -0.4 is 5.09 Å². The molecular formula is C22H34F2NO5PS. The average molecular weight is 494 g/mol. The molecule has 0 aliphatic rings. The van der Waals surface area contributed by atoms with E-state index < -0.39 is 30.6 Å². The Morgan fingerprint density at radius 1 is 1.12 bits per heavy atom. The van der Waals surface area contributed by atoms with Crippen LogP contribution in [0.5, 0.6) is 0 Å². The molecule has 0 heterocycles. The van der Waals surface area contributed by atoms with Gasteiger partial charge in [0.05, 0.1) is 6.61 Å². The lowest BCUT2D eigenvalue weighted by atomic mass is 9.97. The van der Waals surface area contributed by atoms with Gasteiger partial charge >= 0.3 is 19.2 Å². The number of hydrogen-bond donors (Lipinski definition) is 1. The highest BCUT2D eigenvalue weighted by Gasteiger charge is 2.60. The number of hydrogen-bond acceptors (Lipinski definition) is 6. The van der Waals surface area contributed by atoms with Crippen LogP contribution in [0.25, 0.3) is 0 Å². The summed E-state index contributed by atoms with van der Waals surface area (Å²) in [6.45, 7) is 8.43. The highest BCUT2D eigenvalue weighted by Crippen LogP contribution is 2.64. The Labute approximate surface area is 193 Å². The molecule has 1 rings (SSSR count). The third-order valence-corrected chi connectivity index (χ3v) is 7.95. The Morgan fingerprint density at radius 2 is 1.72 bits per heavy atom. The molecule has 0 saturated carbocycles. The van der Waals surface area contributed by atoms with E-state index in [4.69, 9.17) is 9.26 Å². The van der Waals surface area contributed by atoms with Gasteiger partial charge in [-0.1, -0.05) is 76.7 Å². The number of esters is 1. The summed E-state index contributed by atoms with van der Waals surface area (Å²) in [6, 6.07) is 7.58. The van der Waals surface area contributed by atoms with Crippen LogP contribution in [0.3, 0.4) is 0 Å². The van der Waals surface area contributed by atoms with Gasteiger partial charge in [-0.15, -0.1) is 0 Å². The summed E-state index contributed by atoms with van der Waals surface area (Å²) >= 11 is 0.945. The molecule has 0 aromatic heterocycles. The maximum Gasteiger partial charge on any atom is 0.339 e. The van der Waals surface area contributed by atoms with E-state index in [0.29, 0.717) is 6.42 Å². The van der Waals surface area contributed by atoms with Crippen LogP contribution in [0, 0.1) is 11.3 Å². The van der Waals surface area contributed by atoms with Gasteiger partial charge in [0, 0.05) is 17.6 Å². The summed E-state index contributed by atoms with van der Waals surface area (Å²) in [4.78, 5) is 24.1. The summed E-state index contributed by atoms with van der Waals surface area (Å²) in [6.07, 6.45) is 0.350. The van der Waals surface area contributed by atoms with Crippen molar-refractivity contribution in [3.63, 3.8) is 0 Å². The summed E-state index contributed by atoms with van der Waals surface area (Å²) in [5.41, 5.74) is -4.75. The summed E-state index contributed by atoms with van der Waals surface area (Å²) < 4.78 is 53.9. The van der Waals surface area contributed by atoms with Gasteiger partial charge in [0.1, 0.15) is 12.6 Å². The number of alkyl halides is 2. The Morgan fingerprint density at radius 3 is 2.25 bits per heavy atom. The summed E-state index contributed by atoms with van der Waals surface area (Å²) in [7, 11) is -4.85. The van der Waals surface area contributed by atoms with E-state index in [1.807, 2.05) is 19.9 Å². The molecule has 2 atom stereocenters. The van der Waals surface area contributed by atoms with E-state index in [-0.39, 0.29) is 30.0 Å². The second-order valence-corrected chi connectivity index (χ2v) is 12.3. The fourth-order valence-electron chi connectivity index (χ4n) is 2.52. The van der Waals surface area contributed by atoms with E-state index in [1.54, 1.807) is 24.3 Å². The van der Waals surface area contributed by atoms with Crippen LogP contribution in [-0.4, -0.2) is 35.1 Å². The van der Waals surface area contributed by atoms with Crippen molar-refractivity contribution in [3.8, 4) is 0 Å². The van der Waals surface area contributed by atoms with E-state index in [0.717, 1.165) is 17.3 Å². The zero-order valence-electron chi connectivity index (χ0n) is 19.5. The number of ether oxygens (including phenoxy) is 1. The van der Waals surface area contributed by atoms with Crippen molar-refractivity contribution in [2.24, 2.45) is 11.3 Å². The number of thioether (sulfide) groups is 1. The Hall–Kier alpha value is -1.28. The summed E-state index contributed by atoms with van der Waals surface area (Å²) in [5, 5.41) is 2.12. The van der Waals surface area contributed by atoms with Gasteiger partial charge in [-0.3, -0.25) is 14.2 Å². The van der Waals surface area contributed by atoms with E-state index in [9.17, 15) is 14.2 Å². The average Bonchev–Trinajstić information content (AvgIpc) is 2.68. The minimum absolute atomic E-state index is 0.0406. The van der Waals surface area contributed by atoms with Gasteiger partial charge < -0.3 is 9.26 Å². The van der Waals surface area contributed by atoms with Crippen LogP contribution >= 0.6 is 19.3 Å². The first-order valence-electron chi connectivity index (χ1n) is 10.5. The zero-order valence-corrected chi connectivity index (χ0v) is 21.2. The number of nitrogens with one attached hydrogen (secondary N) is 1. The van der Waals surface area contributed by atoms with Gasteiger partial charge in [0.15, 0.2) is 5.12 Å². The van der Waals surface area contributed by atoms with Crippen molar-refractivity contribution in [1.29, 1.82) is 0 Å². The largest absolute Gasteiger partial charge is 0.460 e. The second kappa shape index (κ2) is 12.3. The van der Waals surface area contributed by atoms with Gasteiger partial charge in [0.25, 0.3) is 0 Å². The van der Waals surface area contributed by atoms with Crippen LogP contribution in [0.15, 0.2) is 30.3 Å². The van der Waals surface area contributed by atoms with Crippen LogP contribution in [0.4, 0.5) is 8.78 Å². The number of benzene rings is 1. The molecule has 1 aromatic carbocycles. The highest BCUT2D eigenvalue weighted by atomic mass is 32.2. The molecule has 1 aromatic rings. The first-order chi connectivity index (χ1) is 14.7. The number of rotatable bonds is 12. The van der Waals surface area contributed by atoms with E-state index >= 15 is 8.78 Å². The third-order valence-electron chi connectivity index (χ3n) is 4.41. The second-order valence-electron chi connectivity index (χ2n) is 8.94. The normalized spacial score (nSPS) is 15.3. The number of halogens is 2. The van der Waals surface area contributed by atoms with Crippen LogP contribution in [0.2, 0.25) is 0 Å². The van der Waals surface area contributed by atoms with Crippen molar-refractivity contribution in [2.45, 2.75) is 66.3 Å². The lowest BCUT2D eigenvalue weighted by molar-refractivity contribution is -0.146. The molecule has 0 spiro atoms. The van der Waals surface area contributed by atoms with Crippen molar-refractivity contribution in [1.82, 2.24) is 5.09 Å². The van der Waals surface area contributed by atoms with Crippen LogP contribution in [-0.2, 0) is 30.0 Å². The van der Waals surface area contributed by atoms with Crippen molar-refractivity contribution in [2.75, 3.05) is 12.4 Å². The number of carbonyl (C=O) groups excluding carboxylic acids is 2. The molecule has 0 amide bonds. The minimum atomic E-state index is -4.85. The number of carbonyl (C=O) groups is 2. The smallest absolute Gasteiger partial charge is 0.339 e. The Bertz CT molecular complexity index is 799. The quantitative estimate of drug-likeness (QED) is 0.222. The fourth-order valence-corrected chi connectivity index (χ4v) is 5.73. The van der Waals surface area contributed by atoms with E-state index in [2.05, 4.69) is 5.09 Å². The molecule has 0 aliphatic carbocycles. The molecule has 1 N–H and O–H groups in total. The monoisotopic (exact) mass is 493 g/mol. The predicted molar refractivity (Wildman–Crippen MR) is 124 cm³/mol. The lowest BCUT2D eigenvalue weighted by Crippen LogP contribution is -2.44. The standard InChI is InChI=1S/C22H34F2NO5PS/c1-16(2)14-19(26)32-13-12-30-31(28,22(23,24)21(4,5)6)25-17(3)20(27)29-15-18-10-8-7-9-11-18/h7-11,16-17H,12-15H2,1-6H3,(H,25,28)/t17-,31?/m0/s1. The Kier molecular flexibility index (Phi) is 11.0. The molecule has 182 valence electrons. The topological polar surface area (TPSA) is 81.7 Å². The van der Waals surface area contributed by atoms with Crippen molar-refractivity contribution in [3.05, 3.63) is 35.9 Å². The molecule has 0 saturated heterocycles. The fraction of sp³-hybridized carbons (Fsp3) is 0.636. The van der Waals surface area contributed by atoms with Gasteiger partial charge in [-0.05, 0) is 18.4 Å². The molecule has 32 heavy (non-hydrogen) atoms. The SMILES string of the molecule is CC(C)CC(=O)SCCOP(=O)(N[C@@H](C)C(=O)OCc1ccccc1)C(F)(F)C(C)(C)C. The maximum atomic E-state index is 15.1. The molecular weight excluding hydrogens is 459 g/mol. The van der Waals surface area contributed by atoms with Gasteiger partial charge in [-0.2, -0.15) is 8.78 Å². The maximum absolute atomic E-state index is 15.1. The lowest BCUT2D eigenvalue weighted by Gasteiger charge is -2.37. The molecule has 10 heteroatoms. The third kappa shape index (κ3) is 8.58. The molecule has 6 nitrogen and oxygen atoms in total. The van der Waals surface area contributed by atoms with E-state index in [1.165, 1.54) is 27.7 Å². The Balaban J connectivity index is 2.83. The zero-order chi connectivity index (χ0) is 24.6. The van der Waals surface area contributed by atoms with Crippen molar-refractivity contribution >= 4 is 30.4 Å². The molecule has 0 radical (unpaired) electrons. The molecule has 0 bridgehead atoms. The van der Waals surface area contributed by atoms with Gasteiger partial charge in [0.2, 0.25) is 0 Å². The molecule has 0 fully saturated rings. The molecule has 0 aliphatic heterocycles. The first-order valence-corrected chi connectivity index (χ1v) is 13.1. The highest BCUT2D eigenvalue weighted by molar-refractivity contribution is 8.13. The minimum Gasteiger partial charge on any atom is -0.460 e. The van der Waals surface area contributed by atoms with Gasteiger partial charge in [-0.25, -0.2) is 5.09 Å². The molecule has 1 unspecified atom stereocenters.